The lowest BCUT2D eigenvalue weighted by molar-refractivity contribution is 0.0905. The number of benzene rings is 1. The molecule has 0 aromatic heterocycles. The van der Waals surface area contributed by atoms with E-state index in [1.807, 2.05) is 0 Å². The molecule has 1 aromatic carbocycles. The molecule has 1 aliphatic rings. The summed E-state index contributed by atoms with van der Waals surface area (Å²) in [5.41, 5.74) is 0.565. The largest absolute Gasteiger partial charge is 0.376 e. The zero-order valence-corrected chi connectivity index (χ0v) is 9.77. The molecular weight excluding hydrogens is 229 g/mol. The van der Waals surface area contributed by atoms with E-state index in [2.05, 4.69) is 5.32 Å². The highest BCUT2D eigenvalue weighted by Crippen LogP contribution is 2.16. The van der Waals surface area contributed by atoms with Crippen molar-refractivity contribution in [1.29, 1.82) is 0 Å². The molecule has 0 bridgehead atoms. The van der Waals surface area contributed by atoms with Crippen molar-refractivity contribution >= 4 is 11.6 Å². The molecule has 0 aliphatic carbocycles. The van der Waals surface area contributed by atoms with Crippen LogP contribution in [0.4, 0.5) is 4.39 Å². The Kier molecular flexibility index (Phi) is 4.16. The van der Waals surface area contributed by atoms with Crippen LogP contribution in [0.3, 0.4) is 0 Å². The molecule has 4 heteroatoms. The maximum atomic E-state index is 13.4. The molecule has 2 nitrogen and oxygen atoms in total. The normalized spacial score (nSPS) is 20.2. The second kappa shape index (κ2) is 5.62. The van der Waals surface area contributed by atoms with Gasteiger partial charge in [-0.05, 0) is 31.0 Å². The molecule has 0 saturated carbocycles. The third kappa shape index (κ3) is 3.17. The summed E-state index contributed by atoms with van der Waals surface area (Å²) in [6.07, 6.45) is 1.14. The maximum absolute atomic E-state index is 13.4. The highest BCUT2D eigenvalue weighted by Gasteiger charge is 2.14. The molecule has 1 aromatic rings. The number of rotatable bonds is 4. The molecule has 0 radical (unpaired) electrons. The number of hydrogen-bond donors (Lipinski definition) is 1. The lowest BCUT2D eigenvalue weighted by Crippen LogP contribution is -2.13. The molecule has 1 unspecified atom stereocenters. The van der Waals surface area contributed by atoms with Crippen LogP contribution in [-0.2, 0) is 11.3 Å². The van der Waals surface area contributed by atoms with Gasteiger partial charge in [-0.2, -0.15) is 0 Å². The molecule has 1 aliphatic heterocycles. The summed E-state index contributed by atoms with van der Waals surface area (Å²) in [4.78, 5) is 0. The van der Waals surface area contributed by atoms with Crippen molar-refractivity contribution in [1.82, 2.24) is 5.32 Å². The molecule has 1 atom stereocenters. The standard InChI is InChI=1S/C12H15ClFNO/c13-11-2-1-10(12(14)5-11)8-16-7-9-3-4-15-6-9/h1-2,5,9,15H,3-4,6-8H2. The van der Waals surface area contributed by atoms with Gasteiger partial charge in [-0.15, -0.1) is 0 Å². The zero-order valence-electron chi connectivity index (χ0n) is 9.01. The van der Waals surface area contributed by atoms with Crippen LogP contribution in [0.15, 0.2) is 18.2 Å². The molecule has 2 rings (SSSR count). The molecule has 1 fully saturated rings. The molecule has 16 heavy (non-hydrogen) atoms. The van der Waals surface area contributed by atoms with Crippen LogP contribution in [-0.4, -0.2) is 19.7 Å². The van der Waals surface area contributed by atoms with Gasteiger partial charge in [0.25, 0.3) is 0 Å². The third-order valence-electron chi connectivity index (χ3n) is 2.79. The summed E-state index contributed by atoms with van der Waals surface area (Å²) in [6.45, 7) is 3.07. The molecule has 1 saturated heterocycles. The summed E-state index contributed by atoms with van der Waals surface area (Å²) < 4.78 is 18.9. The van der Waals surface area contributed by atoms with Crippen molar-refractivity contribution in [2.24, 2.45) is 5.92 Å². The third-order valence-corrected chi connectivity index (χ3v) is 3.02. The number of halogens is 2. The average Bonchev–Trinajstić information content (AvgIpc) is 2.74. The van der Waals surface area contributed by atoms with Crippen LogP contribution < -0.4 is 5.32 Å². The summed E-state index contributed by atoms with van der Waals surface area (Å²) >= 11 is 5.67. The second-order valence-corrected chi connectivity index (χ2v) is 4.55. The molecular formula is C12H15ClFNO. The first-order valence-corrected chi connectivity index (χ1v) is 5.86. The van der Waals surface area contributed by atoms with Crippen LogP contribution in [0, 0.1) is 11.7 Å². The van der Waals surface area contributed by atoms with Gasteiger partial charge in [0.15, 0.2) is 0 Å². The smallest absolute Gasteiger partial charge is 0.130 e. The van der Waals surface area contributed by atoms with Crippen molar-refractivity contribution < 1.29 is 9.13 Å². The van der Waals surface area contributed by atoms with Gasteiger partial charge in [-0.25, -0.2) is 4.39 Å². The fourth-order valence-corrected chi connectivity index (χ4v) is 1.99. The molecule has 1 N–H and O–H groups in total. The first-order chi connectivity index (χ1) is 7.75. The van der Waals surface area contributed by atoms with Gasteiger partial charge in [-0.1, -0.05) is 17.7 Å². The van der Waals surface area contributed by atoms with Gasteiger partial charge in [0, 0.05) is 17.1 Å². The Labute approximate surface area is 99.7 Å². The summed E-state index contributed by atoms with van der Waals surface area (Å²) in [5, 5.41) is 3.69. The lowest BCUT2D eigenvalue weighted by Gasteiger charge is -2.09. The second-order valence-electron chi connectivity index (χ2n) is 4.11. The van der Waals surface area contributed by atoms with E-state index in [0.29, 0.717) is 29.7 Å². The minimum Gasteiger partial charge on any atom is -0.376 e. The van der Waals surface area contributed by atoms with Gasteiger partial charge in [-0.3, -0.25) is 0 Å². The van der Waals surface area contributed by atoms with E-state index in [0.717, 1.165) is 19.5 Å². The lowest BCUT2D eigenvalue weighted by atomic mass is 10.1. The minimum atomic E-state index is -0.294. The van der Waals surface area contributed by atoms with E-state index in [9.17, 15) is 4.39 Å². The predicted molar refractivity (Wildman–Crippen MR) is 62.0 cm³/mol. The molecule has 1 heterocycles. The molecule has 88 valence electrons. The number of ether oxygens (including phenoxy) is 1. The number of nitrogens with one attached hydrogen (secondary N) is 1. The Balaban J connectivity index is 1.80. The summed E-state index contributed by atoms with van der Waals surface area (Å²) in [6, 6.07) is 4.67. The average molecular weight is 244 g/mol. The minimum absolute atomic E-state index is 0.294. The van der Waals surface area contributed by atoms with Gasteiger partial charge in [0.2, 0.25) is 0 Å². The topological polar surface area (TPSA) is 21.3 Å². The highest BCUT2D eigenvalue weighted by molar-refractivity contribution is 6.30. The first kappa shape index (κ1) is 11.8. The SMILES string of the molecule is Fc1cc(Cl)ccc1COCC1CCNC1. The summed E-state index contributed by atoms with van der Waals surface area (Å²) in [7, 11) is 0. The van der Waals surface area contributed by atoms with Crippen molar-refractivity contribution in [2.75, 3.05) is 19.7 Å². The van der Waals surface area contributed by atoms with Gasteiger partial charge in [0.1, 0.15) is 5.82 Å². The molecule has 0 spiro atoms. The first-order valence-electron chi connectivity index (χ1n) is 5.48. The van der Waals surface area contributed by atoms with Crippen molar-refractivity contribution in [2.45, 2.75) is 13.0 Å². The Morgan fingerprint density at radius 1 is 1.50 bits per heavy atom. The van der Waals surface area contributed by atoms with E-state index in [1.165, 1.54) is 6.07 Å². The fourth-order valence-electron chi connectivity index (χ4n) is 1.83. The van der Waals surface area contributed by atoms with Crippen LogP contribution >= 0.6 is 11.6 Å². The zero-order chi connectivity index (χ0) is 11.4. The van der Waals surface area contributed by atoms with Crippen LogP contribution in [0.25, 0.3) is 0 Å². The van der Waals surface area contributed by atoms with E-state index >= 15 is 0 Å². The quantitative estimate of drug-likeness (QED) is 0.878. The highest BCUT2D eigenvalue weighted by atomic mass is 35.5. The Morgan fingerprint density at radius 2 is 2.38 bits per heavy atom. The van der Waals surface area contributed by atoms with E-state index in [-0.39, 0.29) is 5.82 Å². The van der Waals surface area contributed by atoms with Gasteiger partial charge < -0.3 is 10.1 Å². The fraction of sp³-hybridized carbons (Fsp3) is 0.500. The van der Waals surface area contributed by atoms with Crippen molar-refractivity contribution in [3.05, 3.63) is 34.6 Å². The maximum Gasteiger partial charge on any atom is 0.130 e. The Bertz CT molecular complexity index is 353. The number of hydrogen-bond acceptors (Lipinski definition) is 2. The van der Waals surface area contributed by atoms with Crippen LogP contribution in [0.2, 0.25) is 5.02 Å². The van der Waals surface area contributed by atoms with E-state index in [1.54, 1.807) is 12.1 Å². The van der Waals surface area contributed by atoms with E-state index < -0.39 is 0 Å². The van der Waals surface area contributed by atoms with Crippen LogP contribution in [0.5, 0.6) is 0 Å². The monoisotopic (exact) mass is 243 g/mol. The Hall–Kier alpha value is -0.640. The van der Waals surface area contributed by atoms with E-state index in [4.69, 9.17) is 16.3 Å². The molecule has 0 amide bonds. The predicted octanol–water partition coefficient (Wildman–Crippen LogP) is 2.61. The van der Waals surface area contributed by atoms with Crippen LogP contribution in [0.1, 0.15) is 12.0 Å². The Morgan fingerprint density at radius 3 is 3.06 bits per heavy atom. The van der Waals surface area contributed by atoms with Gasteiger partial charge >= 0.3 is 0 Å². The van der Waals surface area contributed by atoms with Crippen molar-refractivity contribution in [3.8, 4) is 0 Å². The van der Waals surface area contributed by atoms with Crippen molar-refractivity contribution in [3.63, 3.8) is 0 Å². The summed E-state index contributed by atoms with van der Waals surface area (Å²) in [5.74, 6) is 0.271. The van der Waals surface area contributed by atoms with Gasteiger partial charge in [0.05, 0.1) is 13.2 Å².